The maximum absolute atomic E-state index is 12.0. The normalized spacial score (nSPS) is 20.7. The summed E-state index contributed by atoms with van der Waals surface area (Å²) in [6.07, 6.45) is -2.73. The molecule has 5 atom stereocenters. The van der Waals surface area contributed by atoms with Gasteiger partial charge in [-0.3, -0.25) is 19.0 Å². The van der Waals surface area contributed by atoms with Crippen LogP contribution in [0.3, 0.4) is 0 Å². The van der Waals surface area contributed by atoms with Crippen molar-refractivity contribution < 1.29 is 33.3 Å². The molecule has 1 saturated heterocycles. The Morgan fingerprint density at radius 3 is 2.60 bits per heavy atom. The number of benzene rings is 1. The van der Waals surface area contributed by atoms with E-state index in [-0.39, 0.29) is 23.6 Å². The van der Waals surface area contributed by atoms with Gasteiger partial charge in [0.2, 0.25) is 5.28 Å². The average Bonchev–Trinajstić information content (AvgIpc) is 3.61. The number of fused-ring (bicyclic) bond motifs is 2. The Balaban J connectivity index is 1.39. The van der Waals surface area contributed by atoms with Crippen molar-refractivity contribution in [3.05, 3.63) is 29.8 Å². The first-order chi connectivity index (χ1) is 20.5. The van der Waals surface area contributed by atoms with Gasteiger partial charge in [-0.2, -0.15) is 9.97 Å². The summed E-state index contributed by atoms with van der Waals surface area (Å²) in [4.78, 5) is 53.3. The molecule has 3 N–H and O–H groups in total. The maximum atomic E-state index is 12.0. The van der Waals surface area contributed by atoms with Gasteiger partial charge in [-0.05, 0) is 36.7 Å². The van der Waals surface area contributed by atoms with E-state index in [1.54, 1.807) is 23.1 Å². The fraction of sp³-hybridized carbons (Fsp3) is 0.423. The molecule has 1 aliphatic rings. The summed E-state index contributed by atoms with van der Waals surface area (Å²) in [6.45, 7) is 5.41. The number of nitrogens with zero attached hydrogens (tertiary/aromatic N) is 5. The van der Waals surface area contributed by atoms with Crippen molar-refractivity contribution in [2.45, 2.75) is 62.6 Å². The molecule has 4 heterocycles. The molecule has 0 radical (unpaired) electrons. The first-order valence-electron chi connectivity index (χ1n) is 13.1. The molecule has 228 valence electrons. The Kier molecular flexibility index (Phi) is 9.19. The molecule has 3 aromatic heterocycles. The number of nitrogen functional groups attached to an aromatic ring is 1. The minimum atomic E-state index is -1.11. The summed E-state index contributed by atoms with van der Waals surface area (Å²) in [5, 5.41) is 3.27. The zero-order valence-corrected chi connectivity index (χ0v) is 25.9. The number of hydrogen-bond donors (Lipinski definition) is 2. The SMILES string of the molecule is CC(=O)OC[C@H]1O[C@@H](n2cnc3c(N[C@H](C)CSc4nc5ccc(N)cc5s4)nc(Cl)nc32)C(OC(C)=O)C1OC(C)=O. The number of esters is 3. The van der Waals surface area contributed by atoms with Crippen LogP contribution in [-0.4, -0.2) is 79.1 Å². The molecule has 1 aromatic carbocycles. The van der Waals surface area contributed by atoms with Crippen LogP contribution in [0.15, 0.2) is 28.9 Å². The van der Waals surface area contributed by atoms with Crippen molar-refractivity contribution >= 4 is 85.5 Å². The third kappa shape index (κ3) is 7.09. The smallest absolute Gasteiger partial charge is 0.303 e. The minimum absolute atomic E-state index is 0.0598. The van der Waals surface area contributed by atoms with E-state index in [0.717, 1.165) is 14.6 Å². The number of nitrogens with one attached hydrogen (secondary N) is 1. The first kappa shape index (κ1) is 30.7. The molecule has 0 saturated carbocycles. The van der Waals surface area contributed by atoms with Gasteiger partial charge in [0.15, 0.2) is 39.8 Å². The molecule has 2 unspecified atom stereocenters. The number of ether oxygens (including phenoxy) is 4. The molecule has 4 aromatic rings. The molecule has 43 heavy (non-hydrogen) atoms. The Bertz CT molecular complexity index is 1680. The van der Waals surface area contributed by atoms with Crippen LogP contribution in [-0.2, 0) is 33.3 Å². The van der Waals surface area contributed by atoms with Crippen LogP contribution in [0.2, 0.25) is 5.28 Å². The van der Waals surface area contributed by atoms with Crippen LogP contribution < -0.4 is 11.1 Å². The molecular formula is C26H28ClN7O7S2. The van der Waals surface area contributed by atoms with E-state index in [2.05, 4.69) is 25.3 Å². The van der Waals surface area contributed by atoms with Crippen molar-refractivity contribution in [3.63, 3.8) is 0 Å². The Morgan fingerprint density at radius 1 is 1.14 bits per heavy atom. The predicted molar refractivity (Wildman–Crippen MR) is 160 cm³/mol. The summed E-state index contributed by atoms with van der Waals surface area (Å²) in [7, 11) is 0. The Hall–Kier alpha value is -3.73. The zero-order valence-electron chi connectivity index (χ0n) is 23.5. The Labute approximate surface area is 258 Å². The number of rotatable bonds is 10. The highest BCUT2D eigenvalue weighted by molar-refractivity contribution is 8.01. The van der Waals surface area contributed by atoms with Crippen LogP contribution in [0.1, 0.15) is 33.9 Å². The minimum Gasteiger partial charge on any atom is -0.463 e. The van der Waals surface area contributed by atoms with Crippen molar-refractivity contribution in [1.29, 1.82) is 0 Å². The lowest BCUT2D eigenvalue weighted by atomic mass is 10.1. The topological polar surface area (TPSA) is 183 Å². The third-order valence-electron chi connectivity index (χ3n) is 6.24. The van der Waals surface area contributed by atoms with Gasteiger partial charge in [0, 0.05) is 38.3 Å². The molecule has 1 fully saturated rings. The van der Waals surface area contributed by atoms with Gasteiger partial charge >= 0.3 is 17.9 Å². The van der Waals surface area contributed by atoms with Gasteiger partial charge < -0.3 is 30.0 Å². The number of halogens is 1. The second-order valence-electron chi connectivity index (χ2n) is 9.74. The van der Waals surface area contributed by atoms with Crippen molar-refractivity contribution in [2.75, 3.05) is 23.4 Å². The number of aromatic nitrogens is 5. The van der Waals surface area contributed by atoms with Gasteiger partial charge in [-0.1, -0.05) is 11.8 Å². The largest absolute Gasteiger partial charge is 0.463 e. The van der Waals surface area contributed by atoms with Gasteiger partial charge in [0.1, 0.15) is 12.7 Å². The van der Waals surface area contributed by atoms with E-state index in [9.17, 15) is 14.4 Å². The highest BCUT2D eigenvalue weighted by Crippen LogP contribution is 2.37. The number of hydrogen-bond acceptors (Lipinski definition) is 15. The van der Waals surface area contributed by atoms with Crippen LogP contribution in [0.25, 0.3) is 21.4 Å². The summed E-state index contributed by atoms with van der Waals surface area (Å²) < 4.78 is 25.7. The first-order valence-corrected chi connectivity index (χ1v) is 15.2. The lowest BCUT2D eigenvalue weighted by molar-refractivity contribution is -0.166. The lowest BCUT2D eigenvalue weighted by Gasteiger charge is -2.23. The summed E-state index contributed by atoms with van der Waals surface area (Å²) >= 11 is 9.48. The average molecular weight is 650 g/mol. The van der Waals surface area contributed by atoms with E-state index in [1.165, 1.54) is 31.7 Å². The van der Waals surface area contributed by atoms with E-state index >= 15 is 0 Å². The molecule has 0 spiro atoms. The number of imidazole rings is 1. The molecular weight excluding hydrogens is 622 g/mol. The van der Waals surface area contributed by atoms with E-state index in [1.807, 2.05) is 25.1 Å². The Morgan fingerprint density at radius 2 is 1.88 bits per heavy atom. The quantitative estimate of drug-likeness (QED) is 0.0835. The molecule has 1 aliphatic heterocycles. The second-order valence-corrected chi connectivity index (χ2v) is 12.4. The number of thiazole rings is 1. The maximum Gasteiger partial charge on any atom is 0.303 e. The molecule has 0 aliphatic carbocycles. The van der Waals surface area contributed by atoms with Crippen LogP contribution in [0.5, 0.6) is 0 Å². The van der Waals surface area contributed by atoms with E-state index in [0.29, 0.717) is 22.8 Å². The molecule has 5 rings (SSSR count). The zero-order chi connectivity index (χ0) is 30.8. The summed E-state index contributed by atoms with van der Waals surface area (Å²) in [6, 6.07) is 5.54. The summed E-state index contributed by atoms with van der Waals surface area (Å²) in [5.74, 6) is -0.781. The van der Waals surface area contributed by atoms with Crippen LogP contribution >= 0.6 is 34.7 Å². The molecule has 14 nitrogen and oxygen atoms in total. The monoisotopic (exact) mass is 649 g/mol. The third-order valence-corrected chi connectivity index (χ3v) is 8.83. The number of carbonyl (C=O) groups is 3. The van der Waals surface area contributed by atoms with Crippen molar-refractivity contribution in [2.24, 2.45) is 0 Å². The fourth-order valence-corrected chi connectivity index (χ4v) is 6.80. The van der Waals surface area contributed by atoms with Gasteiger partial charge in [0.05, 0.1) is 16.5 Å². The van der Waals surface area contributed by atoms with Crippen LogP contribution in [0.4, 0.5) is 11.5 Å². The lowest BCUT2D eigenvalue weighted by Crippen LogP contribution is -2.40. The number of carbonyl (C=O) groups excluding carboxylic acids is 3. The highest BCUT2D eigenvalue weighted by Gasteiger charge is 2.51. The van der Waals surface area contributed by atoms with Crippen molar-refractivity contribution in [1.82, 2.24) is 24.5 Å². The van der Waals surface area contributed by atoms with E-state index in [4.69, 9.17) is 36.3 Å². The van der Waals surface area contributed by atoms with Gasteiger partial charge in [-0.25, -0.2) is 9.97 Å². The number of nitrogens with two attached hydrogens (primary N) is 1. The molecule has 0 bridgehead atoms. The number of thioether (sulfide) groups is 1. The van der Waals surface area contributed by atoms with Gasteiger partial charge in [0.25, 0.3) is 0 Å². The predicted octanol–water partition coefficient (Wildman–Crippen LogP) is 3.59. The van der Waals surface area contributed by atoms with Crippen molar-refractivity contribution in [3.8, 4) is 0 Å². The van der Waals surface area contributed by atoms with Gasteiger partial charge in [-0.15, -0.1) is 11.3 Å². The fourth-order valence-electron chi connectivity index (χ4n) is 4.55. The second kappa shape index (κ2) is 12.9. The van der Waals surface area contributed by atoms with Crippen LogP contribution in [0, 0.1) is 0 Å². The standard InChI is InChI=1S/C26H28ClN7O7S2/c1-11(9-42-26-31-16-6-5-15(28)7-18(16)43-26)30-22-19-23(33-25(27)32-22)34(10-29-19)24-21(40-14(4)37)20(39-13(3)36)17(41-24)8-38-12(2)35/h5-7,10-11,17,20-21,24H,8-9,28H2,1-4H3,(H,30,32,33)/t11-,17-,20?,21?,24-/m1/s1. The number of anilines is 2. The summed E-state index contributed by atoms with van der Waals surface area (Å²) in [5.41, 5.74) is 8.14. The molecule has 17 heteroatoms. The van der Waals surface area contributed by atoms with E-state index < -0.39 is 42.4 Å². The highest BCUT2D eigenvalue weighted by atomic mass is 35.5. The molecule has 0 amide bonds.